The molecule has 2 N–H and O–H groups in total. The van der Waals surface area contributed by atoms with Crippen LogP contribution in [0.3, 0.4) is 0 Å². The third-order valence-corrected chi connectivity index (χ3v) is 3.29. The summed E-state index contributed by atoms with van der Waals surface area (Å²) < 4.78 is 14.0. The number of hydrogen-bond acceptors (Lipinski definition) is 2. The molecule has 5 heteroatoms. The van der Waals surface area contributed by atoms with Crippen molar-refractivity contribution in [1.29, 1.82) is 0 Å². The van der Waals surface area contributed by atoms with E-state index < -0.39 is 11.7 Å². The van der Waals surface area contributed by atoms with Crippen LogP contribution in [0.5, 0.6) is 0 Å². The summed E-state index contributed by atoms with van der Waals surface area (Å²) in [7, 11) is 0. The molecule has 19 heavy (non-hydrogen) atoms. The summed E-state index contributed by atoms with van der Waals surface area (Å²) in [6.07, 6.45) is 0. The van der Waals surface area contributed by atoms with E-state index in [0.29, 0.717) is 15.7 Å². The van der Waals surface area contributed by atoms with Crippen LogP contribution in [0.2, 0.25) is 0 Å². The Morgan fingerprint density at radius 2 is 1.95 bits per heavy atom. The second kappa shape index (κ2) is 5.95. The average molecular weight is 324 g/mol. The fraction of sp³-hybridized carbons (Fsp3) is 0.0714. The van der Waals surface area contributed by atoms with Gasteiger partial charge in [-0.2, -0.15) is 0 Å². The van der Waals surface area contributed by atoms with Gasteiger partial charge < -0.3 is 10.4 Å². The molecule has 3 nitrogen and oxygen atoms in total. The minimum absolute atomic E-state index is 0.0600. The topological polar surface area (TPSA) is 49.3 Å². The van der Waals surface area contributed by atoms with E-state index in [1.54, 1.807) is 30.3 Å². The summed E-state index contributed by atoms with van der Waals surface area (Å²) in [5.41, 5.74) is 0.976. The SMILES string of the molecule is O=C(Nc1ccccc1CO)c1c(F)cccc1Br. The van der Waals surface area contributed by atoms with Crippen molar-refractivity contribution in [1.82, 2.24) is 0 Å². The van der Waals surface area contributed by atoms with Crippen molar-refractivity contribution in [3.05, 3.63) is 63.9 Å². The molecule has 0 bridgehead atoms. The minimum atomic E-state index is -0.603. The number of halogens is 2. The number of para-hydroxylation sites is 1. The number of benzene rings is 2. The lowest BCUT2D eigenvalue weighted by Crippen LogP contribution is -2.15. The lowest BCUT2D eigenvalue weighted by atomic mass is 10.1. The maximum Gasteiger partial charge on any atom is 0.259 e. The van der Waals surface area contributed by atoms with Crippen LogP contribution in [0.4, 0.5) is 10.1 Å². The van der Waals surface area contributed by atoms with Crippen LogP contribution < -0.4 is 5.32 Å². The Bertz CT molecular complexity index is 596. The Kier molecular flexibility index (Phi) is 4.29. The summed E-state index contributed by atoms with van der Waals surface area (Å²) >= 11 is 3.15. The Hall–Kier alpha value is -1.72. The summed E-state index contributed by atoms with van der Waals surface area (Å²) in [4.78, 5) is 12.1. The van der Waals surface area contributed by atoms with E-state index in [0.717, 1.165) is 0 Å². The van der Waals surface area contributed by atoms with Gasteiger partial charge in [-0.15, -0.1) is 0 Å². The maximum atomic E-state index is 13.6. The molecule has 0 aliphatic carbocycles. The third kappa shape index (κ3) is 3.00. The number of amides is 1. The average Bonchev–Trinajstić information content (AvgIpc) is 2.39. The predicted octanol–water partition coefficient (Wildman–Crippen LogP) is 3.33. The lowest BCUT2D eigenvalue weighted by molar-refractivity contribution is 0.102. The Morgan fingerprint density at radius 1 is 1.21 bits per heavy atom. The van der Waals surface area contributed by atoms with Crippen molar-refractivity contribution >= 4 is 27.5 Å². The van der Waals surface area contributed by atoms with Crippen LogP contribution in [0, 0.1) is 5.82 Å². The summed E-state index contributed by atoms with van der Waals surface area (Å²) in [5, 5.41) is 11.8. The molecule has 0 aromatic heterocycles. The first-order valence-electron chi connectivity index (χ1n) is 5.57. The Morgan fingerprint density at radius 3 is 2.63 bits per heavy atom. The lowest BCUT2D eigenvalue weighted by Gasteiger charge is -2.10. The number of carbonyl (C=O) groups excluding carboxylic acids is 1. The molecule has 0 fully saturated rings. The van der Waals surface area contributed by atoms with E-state index in [1.165, 1.54) is 12.1 Å². The minimum Gasteiger partial charge on any atom is -0.392 e. The zero-order valence-electron chi connectivity index (χ0n) is 9.86. The first kappa shape index (κ1) is 13.7. The van der Waals surface area contributed by atoms with E-state index in [1.807, 2.05) is 0 Å². The van der Waals surface area contributed by atoms with Crippen LogP contribution in [0.1, 0.15) is 15.9 Å². The van der Waals surface area contributed by atoms with Gasteiger partial charge in [0, 0.05) is 15.7 Å². The molecule has 0 heterocycles. The number of nitrogens with one attached hydrogen (secondary N) is 1. The molecule has 0 radical (unpaired) electrons. The van der Waals surface area contributed by atoms with E-state index in [4.69, 9.17) is 0 Å². The molecule has 0 atom stereocenters. The number of hydrogen-bond donors (Lipinski definition) is 2. The molecule has 0 unspecified atom stereocenters. The number of anilines is 1. The van der Waals surface area contributed by atoms with Crippen molar-refractivity contribution in [2.45, 2.75) is 6.61 Å². The van der Waals surface area contributed by atoms with Crippen LogP contribution in [-0.4, -0.2) is 11.0 Å². The van der Waals surface area contributed by atoms with Gasteiger partial charge in [-0.3, -0.25) is 4.79 Å². The molecule has 98 valence electrons. The molecule has 0 saturated carbocycles. The fourth-order valence-electron chi connectivity index (χ4n) is 1.68. The number of aliphatic hydroxyl groups is 1. The summed E-state index contributed by atoms with van der Waals surface area (Å²) in [6, 6.07) is 11.1. The first-order valence-corrected chi connectivity index (χ1v) is 6.37. The molecule has 0 aliphatic rings. The highest BCUT2D eigenvalue weighted by Crippen LogP contribution is 2.22. The molecule has 2 rings (SSSR count). The van der Waals surface area contributed by atoms with Crippen molar-refractivity contribution in [2.24, 2.45) is 0 Å². The number of rotatable bonds is 3. The molecule has 0 spiro atoms. The molecular formula is C14H11BrFNO2. The van der Waals surface area contributed by atoms with Crippen LogP contribution in [0.15, 0.2) is 46.9 Å². The predicted molar refractivity (Wildman–Crippen MR) is 74.4 cm³/mol. The maximum absolute atomic E-state index is 13.6. The first-order chi connectivity index (χ1) is 9.13. The standard InChI is InChI=1S/C14H11BrFNO2/c15-10-5-3-6-11(16)13(10)14(19)17-12-7-2-1-4-9(12)8-18/h1-7,18H,8H2,(H,17,19). The second-order valence-electron chi connectivity index (χ2n) is 3.87. The van der Waals surface area contributed by atoms with Crippen molar-refractivity contribution in [2.75, 3.05) is 5.32 Å². The highest BCUT2D eigenvalue weighted by molar-refractivity contribution is 9.10. The third-order valence-electron chi connectivity index (χ3n) is 2.63. The number of carbonyl (C=O) groups is 1. The summed E-state index contributed by atoms with van der Waals surface area (Å²) in [5.74, 6) is -1.17. The highest BCUT2D eigenvalue weighted by Gasteiger charge is 2.16. The zero-order chi connectivity index (χ0) is 13.8. The number of aliphatic hydroxyl groups excluding tert-OH is 1. The van der Waals surface area contributed by atoms with Gasteiger partial charge in [0.2, 0.25) is 0 Å². The van der Waals surface area contributed by atoms with Gasteiger partial charge in [0.05, 0.1) is 12.2 Å². The fourth-order valence-corrected chi connectivity index (χ4v) is 2.20. The van der Waals surface area contributed by atoms with E-state index in [9.17, 15) is 14.3 Å². The van der Waals surface area contributed by atoms with E-state index in [-0.39, 0.29) is 12.2 Å². The second-order valence-corrected chi connectivity index (χ2v) is 4.72. The Balaban J connectivity index is 2.31. The van der Waals surface area contributed by atoms with Crippen LogP contribution >= 0.6 is 15.9 Å². The van der Waals surface area contributed by atoms with E-state index >= 15 is 0 Å². The van der Waals surface area contributed by atoms with Gasteiger partial charge in [-0.25, -0.2) is 4.39 Å². The van der Waals surface area contributed by atoms with Gasteiger partial charge in [-0.05, 0) is 34.1 Å². The quantitative estimate of drug-likeness (QED) is 0.910. The van der Waals surface area contributed by atoms with Gasteiger partial charge in [0.15, 0.2) is 0 Å². The monoisotopic (exact) mass is 323 g/mol. The van der Waals surface area contributed by atoms with Crippen molar-refractivity contribution in [3.63, 3.8) is 0 Å². The van der Waals surface area contributed by atoms with Gasteiger partial charge >= 0.3 is 0 Å². The highest BCUT2D eigenvalue weighted by atomic mass is 79.9. The molecule has 1 amide bonds. The zero-order valence-corrected chi connectivity index (χ0v) is 11.4. The molecule has 2 aromatic rings. The smallest absolute Gasteiger partial charge is 0.259 e. The van der Waals surface area contributed by atoms with E-state index in [2.05, 4.69) is 21.2 Å². The Labute approximate surface area is 118 Å². The molecular weight excluding hydrogens is 313 g/mol. The molecule has 2 aromatic carbocycles. The summed E-state index contributed by atoms with van der Waals surface area (Å²) in [6.45, 7) is -0.200. The normalized spacial score (nSPS) is 10.3. The molecule has 0 aliphatic heterocycles. The van der Waals surface area contributed by atoms with Crippen molar-refractivity contribution in [3.8, 4) is 0 Å². The molecule has 0 saturated heterocycles. The van der Waals surface area contributed by atoms with Crippen molar-refractivity contribution < 1.29 is 14.3 Å². The largest absolute Gasteiger partial charge is 0.392 e. The van der Waals surface area contributed by atoms with Gasteiger partial charge in [-0.1, -0.05) is 24.3 Å². The van der Waals surface area contributed by atoms with Crippen LogP contribution in [-0.2, 0) is 6.61 Å². The van der Waals surface area contributed by atoms with Crippen LogP contribution in [0.25, 0.3) is 0 Å². The van der Waals surface area contributed by atoms with Gasteiger partial charge in [0.25, 0.3) is 5.91 Å². The van der Waals surface area contributed by atoms with Gasteiger partial charge in [0.1, 0.15) is 5.82 Å².